The first-order valence-corrected chi connectivity index (χ1v) is 10.1. The van der Waals surface area contributed by atoms with Gasteiger partial charge in [0.05, 0.1) is 17.7 Å². The summed E-state index contributed by atoms with van der Waals surface area (Å²) in [5.41, 5.74) is 4.34. The summed E-state index contributed by atoms with van der Waals surface area (Å²) in [5.74, 6) is -0.689. The molecule has 4 rings (SSSR count). The Bertz CT molecular complexity index is 1110. The van der Waals surface area contributed by atoms with Crippen LogP contribution in [0, 0.1) is 12.8 Å². The van der Waals surface area contributed by atoms with Crippen molar-refractivity contribution in [3.8, 4) is 5.69 Å². The van der Waals surface area contributed by atoms with Gasteiger partial charge in [-0.2, -0.15) is 5.10 Å². The van der Waals surface area contributed by atoms with E-state index >= 15 is 0 Å². The molecule has 4 aromatic rings. The number of carbonyl (C=O) groups is 1. The van der Waals surface area contributed by atoms with E-state index in [-0.39, 0.29) is 5.78 Å². The first-order valence-electron chi connectivity index (χ1n) is 10.1. The predicted octanol–water partition coefficient (Wildman–Crippen LogP) is 4.96. The van der Waals surface area contributed by atoms with E-state index in [9.17, 15) is 9.90 Å². The van der Waals surface area contributed by atoms with Crippen molar-refractivity contribution in [1.82, 2.24) is 9.78 Å². The molecule has 1 aromatic heterocycles. The Hall–Kier alpha value is -3.50. The van der Waals surface area contributed by atoms with Gasteiger partial charge >= 0.3 is 0 Å². The highest BCUT2D eigenvalue weighted by Gasteiger charge is 2.30. The minimum atomic E-state index is -0.911. The van der Waals surface area contributed by atoms with Crippen molar-refractivity contribution in [3.05, 3.63) is 120 Å². The van der Waals surface area contributed by atoms with E-state index in [1.807, 2.05) is 79.9 Å². The van der Waals surface area contributed by atoms with Crippen molar-refractivity contribution in [2.45, 2.75) is 19.4 Å². The monoisotopic (exact) mass is 396 g/mol. The van der Waals surface area contributed by atoms with Gasteiger partial charge < -0.3 is 5.11 Å². The van der Waals surface area contributed by atoms with Gasteiger partial charge in [-0.15, -0.1) is 0 Å². The van der Waals surface area contributed by atoms with Crippen LogP contribution >= 0.6 is 0 Å². The summed E-state index contributed by atoms with van der Waals surface area (Å²) in [5, 5.41) is 15.6. The number of aliphatic hydroxyl groups is 1. The summed E-state index contributed by atoms with van der Waals surface area (Å²) >= 11 is 0. The maximum atomic E-state index is 13.4. The highest BCUT2D eigenvalue weighted by molar-refractivity contribution is 5.98. The Morgan fingerprint density at radius 3 is 2.33 bits per heavy atom. The van der Waals surface area contributed by atoms with E-state index < -0.39 is 12.0 Å². The number of nitrogens with zero attached hydrogens (tertiary/aromatic N) is 2. The number of hydrogen-bond donors (Lipinski definition) is 1. The smallest absolute Gasteiger partial charge is 0.169 e. The lowest BCUT2D eigenvalue weighted by Crippen LogP contribution is -2.25. The fourth-order valence-electron chi connectivity index (χ4n) is 3.75. The van der Waals surface area contributed by atoms with Crippen LogP contribution in [0.1, 0.15) is 33.2 Å². The average Bonchev–Trinajstić information content (AvgIpc) is 3.33. The van der Waals surface area contributed by atoms with Gasteiger partial charge in [0.2, 0.25) is 0 Å². The number of hydrogen-bond acceptors (Lipinski definition) is 3. The molecule has 1 N–H and O–H groups in total. The number of aromatic nitrogens is 2. The highest BCUT2D eigenvalue weighted by atomic mass is 16.3. The third-order valence-electron chi connectivity index (χ3n) is 5.35. The Labute approximate surface area is 176 Å². The molecule has 2 atom stereocenters. The largest absolute Gasteiger partial charge is 0.388 e. The summed E-state index contributed by atoms with van der Waals surface area (Å²) < 4.78 is 1.81. The number of ketones is 1. The van der Waals surface area contributed by atoms with Crippen LogP contribution in [0.25, 0.3) is 5.69 Å². The fraction of sp³-hybridized carbons (Fsp3) is 0.154. The third kappa shape index (κ3) is 4.24. The first-order chi connectivity index (χ1) is 14.6. The van der Waals surface area contributed by atoms with Crippen molar-refractivity contribution in [2.75, 3.05) is 0 Å². The van der Waals surface area contributed by atoms with E-state index in [1.165, 1.54) is 0 Å². The molecule has 0 saturated heterocycles. The van der Waals surface area contributed by atoms with Crippen molar-refractivity contribution < 1.29 is 9.90 Å². The molecular weight excluding hydrogens is 372 g/mol. The zero-order valence-corrected chi connectivity index (χ0v) is 16.8. The zero-order chi connectivity index (χ0) is 20.9. The van der Waals surface area contributed by atoms with Crippen LogP contribution in [0.3, 0.4) is 0 Å². The molecule has 3 aromatic carbocycles. The summed E-state index contributed by atoms with van der Waals surface area (Å²) in [4.78, 5) is 13.4. The standard InChI is InChI=1S/C26H24N2O2/c1-19-13-14-22(24(17-19)28-16-8-15-27-28)18-23(25(29)20-9-4-2-5-10-20)26(30)21-11-6-3-7-12-21/h2-17,23,25,29H,18H2,1H3/t23-,25-/m1/s1. The molecule has 0 aliphatic rings. The zero-order valence-electron chi connectivity index (χ0n) is 16.8. The quantitative estimate of drug-likeness (QED) is 0.450. The Kier molecular flexibility index (Phi) is 5.87. The van der Waals surface area contributed by atoms with Crippen LogP contribution in [0.5, 0.6) is 0 Å². The van der Waals surface area contributed by atoms with Gasteiger partial charge in [0.15, 0.2) is 5.78 Å². The summed E-state index contributed by atoms with van der Waals surface area (Å²) in [6.07, 6.45) is 3.11. The van der Waals surface area contributed by atoms with Crippen LogP contribution < -0.4 is 0 Å². The number of benzene rings is 3. The molecule has 0 aliphatic heterocycles. The van der Waals surface area contributed by atoms with Gasteiger partial charge in [0.25, 0.3) is 0 Å². The van der Waals surface area contributed by atoms with Crippen molar-refractivity contribution in [1.29, 1.82) is 0 Å². The maximum Gasteiger partial charge on any atom is 0.169 e. The van der Waals surface area contributed by atoms with Crippen LogP contribution in [0.15, 0.2) is 97.3 Å². The van der Waals surface area contributed by atoms with Gasteiger partial charge in [-0.3, -0.25) is 4.79 Å². The average molecular weight is 396 g/mol. The molecule has 0 bridgehead atoms. The van der Waals surface area contributed by atoms with Crippen molar-refractivity contribution in [2.24, 2.45) is 5.92 Å². The normalized spacial score (nSPS) is 13.0. The van der Waals surface area contributed by atoms with Crippen molar-refractivity contribution in [3.63, 3.8) is 0 Å². The Morgan fingerprint density at radius 1 is 0.967 bits per heavy atom. The second-order valence-corrected chi connectivity index (χ2v) is 7.48. The fourth-order valence-corrected chi connectivity index (χ4v) is 3.75. The number of Topliss-reactive ketones (excluding diaryl/α,β-unsaturated/α-hetero) is 1. The first kappa shape index (κ1) is 19.8. The highest BCUT2D eigenvalue weighted by Crippen LogP contribution is 2.30. The number of aryl methyl sites for hydroxylation is 1. The molecule has 150 valence electrons. The molecule has 0 amide bonds. The molecule has 0 saturated carbocycles. The maximum absolute atomic E-state index is 13.4. The third-order valence-corrected chi connectivity index (χ3v) is 5.35. The van der Waals surface area contributed by atoms with Crippen LogP contribution in [-0.2, 0) is 6.42 Å². The summed E-state index contributed by atoms with van der Waals surface area (Å²) in [6.45, 7) is 2.03. The van der Waals surface area contributed by atoms with E-state index in [0.29, 0.717) is 12.0 Å². The van der Waals surface area contributed by atoms with Gasteiger partial charge in [-0.25, -0.2) is 4.68 Å². The number of carbonyl (C=O) groups excluding carboxylic acids is 1. The van der Waals surface area contributed by atoms with Crippen LogP contribution in [-0.4, -0.2) is 20.7 Å². The summed E-state index contributed by atoms with van der Waals surface area (Å²) in [7, 11) is 0. The SMILES string of the molecule is Cc1ccc(C[C@@H](C(=O)c2ccccc2)[C@H](O)c2ccccc2)c(-n2cccn2)c1. The molecule has 0 radical (unpaired) electrons. The van der Waals surface area contributed by atoms with Crippen LogP contribution in [0.2, 0.25) is 0 Å². The molecule has 0 unspecified atom stereocenters. The lowest BCUT2D eigenvalue weighted by atomic mass is 9.83. The van der Waals surface area contributed by atoms with Gasteiger partial charge in [-0.05, 0) is 42.2 Å². The van der Waals surface area contributed by atoms with Gasteiger partial charge in [-0.1, -0.05) is 72.8 Å². The minimum absolute atomic E-state index is 0.0704. The number of rotatable bonds is 7. The van der Waals surface area contributed by atoms with Gasteiger partial charge in [0, 0.05) is 18.0 Å². The molecule has 1 heterocycles. The van der Waals surface area contributed by atoms with E-state index in [4.69, 9.17) is 0 Å². The minimum Gasteiger partial charge on any atom is -0.388 e. The lowest BCUT2D eigenvalue weighted by molar-refractivity contribution is 0.0676. The molecule has 0 spiro atoms. The van der Waals surface area contributed by atoms with Crippen molar-refractivity contribution >= 4 is 5.78 Å². The molecule has 0 fully saturated rings. The molecule has 4 nitrogen and oxygen atoms in total. The topological polar surface area (TPSA) is 55.1 Å². The molecule has 0 aliphatic carbocycles. The van der Waals surface area contributed by atoms with Crippen LogP contribution in [0.4, 0.5) is 0 Å². The molecular formula is C26H24N2O2. The van der Waals surface area contributed by atoms with E-state index in [2.05, 4.69) is 11.2 Å². The molecule has 30 heavy (non-hydrogen) atoms. The Balaban J connectivity index is 1.75. The summed E-state index contributed by atoms with van der Waals surface area (Å²) in [6, 6.07) is 26.5. The predicted molar refractivity (Wildman–Crippen MR) is 118 cm³/mol. The second kappa shape index (κ2) is 8.89. The molecule has 4 heteroatoms. The number of aliphatic hydroxyl groups excluding tert-OH is 1. The van der Waals surface area contributed by atoms with E-state index in [0.717, 1.165) is 22.4 Å². The van der Waals surface area contributed by atoms with Gasteiger partial charge in [0.1, 0.15) is 0 Å². The Morgan fingerprint density at radius 2 is 1.67 bits per heavy atom. The lowest BCUT2D eigenvalue weighted by Gasteiger charge is -2.24. The second-order valence-electron chi connectivity index (χ2n) is 7.48. The van der Waals surface area contributed by atoms with E-state index in [1.54, 1.807) is 23.0 Å².